The minimum absolute atomic E-state index is 0.347. The van der Waals surface area contributed by atoms with Crippen molar-refractivity contribution in [3.63, 3.8) is 0 Å². The smallest absolute Gasteiger partial charge is 0.360 e. The van der Waals surface area contributed by atoms with Crippen molar-refractivity contribution in [3.05, 3.63) is 0 Å². The summed E-state index contributed by atoms with van der Waals surface area (Å²) in [4.78, 5) is 22.9. The van der Waals surface area contributed by atoms with Crippen LogP contribution in [0.4, 0.5) is 0 Å². The Bertz CT molecular complexity index is 293. The first-order chi connectivity index (χ1) is 11.3. The monoisotopic (exact) mass is 367 g/mol. The molecule has 2 aliphatic heterocycles. The molecule has 0 aromatic heterocycles. The molecule has 0 radical (unpaired) electrons. The Kier molecular flexibility index (Phi) is 17.5. The predicted octanol–water partition coefficient (Wildman–Crippen LogP) is 3.25. The van der Waals surface area contributed by atoms with E-state index >= 15 is 0 Å². The quantitative estimate of drug-likeness (QED) is 0.307. The Morgan fingerprint density at radius 3 is 1.67 bits per heavy atom. The second-order valence-electron chi connectivity index (χ2n) is 5.72. The van der Waals surface area contributed by atoms with Gasteiger partial charge in [0.25, 0.3) is 0 Å². The van der Waals surface area contributed by atoms with Gasteiger partial charge in [-0.25, -0.2) is 0 Å². The summed E-state index contributed by atoms with van der Waals surface area (Å²) in [5, 5.41) is 8.80. The van der Waals surface area contributed by atoms with Crippen molar-refractivity contribution < 1.29 is 15.0 Å². The Balaban J connectivity index is 0. The van der Waals surface area contributed by atoms with Gasteiger partial charge in [0.1, 0.15) is 6.34 Å². The molecule has 0 bridgehead atoms. The van der Waals surface area contributed by atoms with Crippen LogP contribution < -0.4 is 0 Å². The first-order valence-corrected chi connectivity index (χ1v) is 10.7. The molecule has 2 rings (SSSR count). The Morgan fingerprint density at radius 2 is 1.38 bits per heavy atom. The third-order valence-electron chi connectivity index (χ3n) is 3.23. The standard InChI is InChI=1S/C6H15N3O3P.C5H11N.C3H8.C2H6/c1-8(10)13(11,12)7-6-9-4-2-3-5-9;1-6-4-2-3-5-6;1-3-2;1-2/h6,10-12H,2-5H2,1H3;2-5H2,1H3;3H2,1-2H3;1-2H3/q+1;;;. The van der Waals surface area contributed by atoms with Crippen LogP contribution in [0.1, 0.15) is 59.8 Å². The van der Waals surface area contributed by atoms with Crippen molar-refractivity contribution in [3.8, 4) is 0 Å². The SMILES string of the molecule is CC.CCC.CN(O)[P+](O)(O)N=CN1CCCC1.CN1CCCC1. The van der Waals surface area contributed by atoms with E-state index < -0.39 is 8.02 Å². The minimum atomic E-state index is -3.65. The highest BCUT2D eigenvalue weighted by molar-refractivity contribution is 7.60. The molecule has 0 aliphatic carbocycles. The normalized spacial score (nSPS) is 17.8. The first-order valence-electron chi connectivity index (χ1n) is 9.09. The van der Waals surface area contributed by atoms with Gasteiger partial charge in [0.2, 0.25) is 0 Å². The highest BCUT2D eigenvalue weighted by atomic mass is 31.2. The first kappa shape index (κ1) is 25.9. The molecule has 0 unspecified atom stereocenters. The van der Waals surface area contributed by atoms with Crippen LogP contribution in [-0.2, 0) is 0 Å². The van der Waals surface area contributed by atoms with Crippen molar-refractivity contribution in [2.24, 2.45) is 4.76 Å². The van der Waals surface area contributed by atoms with E-state index in [1.807, 2.05) is 18.7 Å². The molecule has 0 aromatic carbocycles. The molecule has 2 saturated heterocycles. The summed E-state index contributed by atoms with van der Waals surface area (Å²) in [7, 11) is -0.315. The molecule has 0 atom stereocenters. The number of rotatable bonds is 3. The molecule has 2 aliphatic rings. The zero-order valence-corrected chi connectivity index (χ0v) is 17.4. The van der Waals surface area contributed by atoms with Gasteiger partial charge in [-0.05, 0) is 50.6 Å². The molecular weight excluding hydrogens is 327 g/mol. The lowest BCUT2D eigenvalue weighted by Gasteiger charge is -2.12. The van der Waals surface area contributed by atoms with E-state index in [1.165, 1.54) is 38.7 Å². The molecule has 3 N–H and O–H groups in total. The van der Waals surface area contributed by atoms with Crippen LogP contribution in [0.2, 0.25) is 0 Å². The largest absolute Gasteiger partial charge is 0.505 e. The molecule has 8 heteroatoms. The van der Waals surface area contributed by atoms with Gasteiger partial charge in [0, 0.05) is 17.9 Å². The molecule has 0 aromatic rings. The van der Waals surface area contributed by atoms with Crippen molar-refractivity contribution in [1.29, 1.82) is 0 Å². The number of hydrogen-bond donors (Lipinski definition) is 3. The minimum Gasteiger partial charge on any atom is -0.360 e. The summed E-state index contributed by atoms with van der Waals surface area (Å²) in [6.07, 6.45) is 7.67. The molecule has 2 fully saturated rings. The van der Waals surface area contributed by atoms with Crippen LogP contribution in [0.25, 0.3) is 0 Å². The van der Waals surface area contributed by atoms with E-state index in [0.29, 0.717) is 4.83 Å². The molecular formula is C16H40N4O3P+. The van der Waals surface area contributed by atoms with Gasteiger partial charge in [-0.3, -0.25) is 5.21 Å². The van der Waals surface area contributed by atoms with Gasteiger partial charge in [-0.2, -0.15) is 9.79 Å². The highest BCUT2D eigenvalue weighted by Crippen LogP contribution is 2.52. The summed E-state index contributed by atoms with van der Waals surface area (Å²) in [6, 6.07) is 0. The summed E-state index contributed by atoms with van der Waals surface area (Å²) in [6.45, 7) is 12.7. The molecule has 0 saturated carbocycles. The second kappa shape index (κ2) is 16.2. The fourth-order valence-electron chi connectivity index (χ4n) is 1.95. The Hall–Kier alpha value is -0.300. The van der Waals surface area contributed by atoms with Gasteiger partial charge in [0.15, 0.2) is 0 Å². The van der Waals surface area contributed by atoms with Crippen molar-refractivity contribution in [2.45, 2.75) is 59.8 Å². The fourth-order valence-corrected chi connectivity index (χ4v) is 2.38. The van der Waals surface area contributed by atoms with Crippen molar-refractivity contribution in [2.75, 3.05) is 40.3 Å². The molecule has 24 heavy (non-hydrogen) atoms. The molecule has 2 heterocycles. The van der Waals surface area contributed by atoms with E-state index in [0.717, 1.165) is 33.0 Å². The van der Waals surface area contributed by atoms with E-state index in [4.69, 9.17) is 5.21 Å². The van der Waals surface area contributed by atoms with Crippen molar-refractivity contribution >= 4 is 14.4 Å². The Labute approximate surface area is 149 Å². The lowest BCUT2D eigenvalue weighted by Crippen LogP contribution is -2.19. The summed E-state index contributed by atoms with van der Waals surface area (Å²) >= 11 is 0. The molecule has 146 valence electrons. The maximum absolute atomic E-state index is 9.17. The van der Waals surface area contributed by atoms with Gasteiger partial charge in [-0.1, -0.05) is 34.1 Å². The fraction of sp³-hybridized carbons (Fsp3) is 0.938. The topological polar surface area (TPSA) is 82.8 Å². The molecule has 7 nitrogen and oxygen atoms in total. The number of likely N-dealkylation sites (tertiary alicyclic amines) is 2. The third kappa shape index (κ3) is 14.1. The maximum Gasteiger partial charge on any atom is 0.505 e. The van der Waals surface area contributed by atoms with E-state index in [1.54, 1.807) is 0 Å². The second-order valence-corrected chi connectivity index (χ2v) is 7.60. The number of nitrogens with zero attached hydrogens (tertiary/aromatic N) is 4. The average Bonchev–Trinajstić information content (AvgIpc) is 3.22. The number of hydrogen-bond acceptors (Lipinski definition) is 6. The summed E-state index contributed by atoms with van der Waals surface area (Å²) in [5.41, 5.74) is 0. The van der Waals surface area contributed by atoms with Gasteiger partial charge >= 0.3 is 8.02 Å². The lowest BCUT2D eigenvalue weighted by molar-refractivity contribution is 0.00579. The van der Waals surface area contributed by atoms with Crippen LogP contribution in [0, 0.1) is 0 Å². The van der Waals surface area contributed by atoms with Gasteiger partial charge < -0.3 is 9.80 Å². The van der Waals surface area contributed by atoms with E-state index in [9.17, 15) is 9.79 Å². The Morgan fingerprint density at radius 1 is 1.00 bits per heavy atom. The third-order valence-corrected chi connectivity index (χ3v) is 4.42. The van der Waals surface area contributed by atoms with Gasteiger partial charge in [-0.15, -0.1) is 0 Å². The lowest BCUT2D eigenvalue weighted by atomic mass is 10.4. The maximum atomic E-state index is 9.17. The zero-order chi connectivity index (χ0) is 19.0. The summed E-state index contributed by atoms with van der Waals surface area (Å²) in [5.74, 6) is 0. The van der Waals surface area contributed by atoms with Crippen molar-refractivity contribution in [1.82, 2.24) is 14.6 Å². The average molecular weight is 367 g/mol. The van der Waals surface area contributed by atoms with Crippen LogP contribution in [0.5, 0.6) is 0 Å². The predicted molar refractivity (Wildman–Crippen MR) is 104 cm³/mol. The van der Waals surface area contributed by atoms with E-state index in [-0.39, 0.29) is 0 Å². The van der Waals surface area contributed by atoms with Crippen LogP contribution in [0.3, 0.4) is 0 Å². The van der Waals surface area contributed by atoms with Crippen LogP contribution >= 0.6 is 8.02 Å². The van der Waals surface area contributed by atoms with Crippen LogP contribution in [0.15, 0.2) is 4.76 Å². The van der Waals surface area contributed by atoms with E-state index in [2.05, 4.69) is 30.6 Å². The number of hydroxylamine groups is 1. The molecule has 0 amide bonds. The highest BCUT2D eigenvalue weighted by Gasteiger charge is 2.39. The summed E-state index contributed by atoms with van der Waals surface area (Å²) < 4.78 is 3.54. The van der Waals surface area contributed by atoms with Crippen LogP contribution in [-0.4, -0.2) is 76.2 Å². The van der Waals surface area contributed by atoms with Gasteiger partial charge in [0.05, 0.1) is 7.05 Å². The molecule has 0 spiro atoms. The zero-order valence-electron chi connectivity index (χ0n) is 16.5.